The van der Waals surface area contributed by atoms with Crippen molar-refractivity contribution in [3.63, 3.8) is 0 Å². The van der Waals surface area contributed by atoms with E-state index in [-0.39, 0.29) is 11.0 Å². The molecule has 0 saturated carbocycles. The molecule has 0 aromatic heterocycles. The lowest BCUT2D eigenvalue weighted by Crippen LogP contribution is -2.34. The number of hydrogen-bond donors (Lipinski definition) is 4. The van der Waals surface area contributed by atoms with Crippen LogP contribution in [0, 0.1) is 0 Å². The van der Waals surface area contributed by atoms with E-state index in [1.165, 1.54) is 0 Å². The molecule has 0 saturated heterocycles. The molecule has 0 aliphatic rings. The standard InChI is InChI=1S/C35H30N4O4S/c40-33(25-10-9-15-30(24-25)43-23-22-42-29-13-5-2-6-14-29)39-35(44)38-32-17-8-7-16-31(32)34(41)37-28-20-18-27(19-21-28)36-26-11-3-1-4-12-26/h1-21,24,36H,22-23H2,(H,37,41)(H2,38,39,40,44). The molecule has 9 heteroatoms. The van der Waals surface area contributed by atoms with E-state index in [1.54, 1.807) is 48.5 Å². The Bertz CT molecular complexity index is 1710. The third-order valence-corrected chi connectivity index (χ3v) is 6.52. The minimum atomic E-state index is -0.417. The average molecular weight is 603 g/mol. The van der Waals surface area contributed by atoms with Gasteiger partial charge in [0.15, 0.2) is 5.11 Å². The molecule has 5 aromatic carbocycles. The van der Waals surface area contributed by atoms with Crippen molar-refractivity contribution in [1.29, 1.82) is 0 Å². The Labute approximate surface area is 261 Å². The normalized spacial score (nSPS) is 10.3. The van der Waals surface area contributed by atoms with Crippen LogP contribution in [-0.2, 0) is 0 Å². The fraction of sp³-hybridized carbons (Fsp3) is 0.0571. The smallest absolute Gasteiger partial charge is 0.257 e. The van der Waals surface area contributed by atoms with Crippen molar-refractivity contribution in [3.05, 3.63) is 145 Å². The van der Waals surface area contributed by atoms with Gasteiger partial charge in [0, 0.05) is 22.6 Å². The fourth-order valence-corrected chi connectivity index (χ4v) is 4.41. The van der Waals surface area contributed by atoms with Crippen molar-refractivity contribution in [3.8, 4) is 11.5 Å². The van der Waals surface area contributed by atoms with Gasteiger partial charge in [-0.25, -0.2) is 0 Å². The highest BCUT2D eigenvalue weighted by Crippen LogP contribution is 2.21. The van der Waals surface area contributed by atoms with Crippen LogP contribution in [0.4, 0.5) is 22.7 Å². The van der Waals surface area contributed by atoms with Crippen LogP contribution >= 0.6 is 12.2 Å². The Morgan fingerprint density at radius 3 is 1.91 bits per heavy atom. The molecule has 5 aromatic rings. The Hall–Kier alpha value is -5.67. The van der Waals surface area contributed by atoms with E-state index >= 15 is 0 Å². The summed E-state index contributed by atoms with van der Waals surface area (Å²) in [7, 11) is 0. The third-order valence-electron chi connectivity index (χ3n) is 6.31. The zero-order valence-electron chi connectivity index (χ0n) is 23.7. The lowest BCUT2D eigenvalue weighted by molar-refractivity contribution is 0.0976. The molecule has 8 nitrogen and oxygen atoms in total. The lowest BCUT2D eigenvalue weighted by Gasteiger charge is -2.14. The van der Waals surface area contributed by atoms with Crippen LogP contribution in [-0.4, -0.2) is 30.1 Å². The summed E-state index contributed by atoms with van der Waals surface area (Å²) in [6.45, 7) is 0.672. The number of ether oxygens (including phenoxy) is 2. The second-order valence-corrected chi connectivity index (χ2v) is 9.92. The third kappa shape index (κ3) is 8.67. The molecule has 0 aliphatic carbocycles. The summed E-state index contributed by atoms with van der Waals surface area (Å²) in [6.07, 6.45) is 0. The zero-order valence-corrected chi connectivity index (χ0v) is 24.5. The SMILES string of the molecule is O=C(NC(=S)Nc1ccccc1C(=O)Nc1ccc(Nc2ccccc2)cc1)c1cccc(OCCOc2ccccc2)c1. The van der Waals surface area contributed by atoms with Crippen molar-refractivity contribution in [2.75, 3.05) is 29.2 Å². The first-order valence-electron chi connectivity index (χ1n) is 13.9. The highest BCUT2D eigenvalue weighted by molar-refractivity contribution is 7.80. The van der Waals surface area contributed by atoms with E-state index < -0.39 is 5.91 Å². The Kier molecular flexibility index (Phi) is 10.2. The number of hydrogen-bond acceptors (Lipinski definition) is 6. The first-order valence-corrected chi connectivity index (χ1v) is 14.3. The van der Waals surface area contributed by atoms with Gasteiger partial charge in [0.1, 0.15) is 24.7 Å². The minimum Gasteiger partial charge on any atom is -0.490 e. The monoisotopic (exact) mass is 602 g/mol. The number of benzene rings is 5. The molecular weight excluding hydrogens is 572 g/mol. The molecule has 0 spiro atoms. The summed E-state index contributed by atoms with van der Waals surface area (Å²) in [6, 6.07) is 40.4. The van der Waals surface area contributed by atoms with Crippen LogP contribution in [0.3, 0.4) is 0 Å². The summed E-state index contributed by atoms with van der Waals surface area (Å²) in [5, 5.41) is 11.9. The Morgan fingerprint density at radius 1 is 0.568 bits per heavy atom. The molecule has 0 fully saturated rings. The first kappa shape index (κ1) is 29.8. The van der Waals surface area contributed by atoms with E-state index in [9.17, 15) is 9.59 Å². The number of para-hydroxylation sites is 3. The number of carbonyl (C=O) groups is 2. The van der Waals surface area contributed by atoms with E-state index in [0.29, 0.717) is 41.5 Å². The van der Waals surface area contributed by atoms with Crippen LogP contribution in [0.2, 0.25) is 0 Å². The first-order chi connectivity index (χ1) is 21.5. The number of carbonyl (C=O) groups excluding carboxylic acids is 2. The van der Waals surface area contributed by atoms with Gasteiger partial charge in [-0.3, -0.25) is 14.9 Å². The fourth-order valence-electron chi connectivity index (χ4n) is 4.21. The maximum Gasteiger partial charge on any atom is 0.257 e. The summed E-state index contributed by atoms with van der Waals surface area (Å²) in [5.41, 5.74) is 3.68. The molecule has 0 heterocycles. The van der Waals surface area contributed by atoms with Crippen LogP contribution in [0.15, 0.2) is 133 Å². The van der Waals surface area contributed by atoms with Crippen molar-refractivity contribution in [2.45, 2.75) is 0 Å². The maximum absolute atomic E-state index is 13.1. The zero-order chi connectivity index (χ0) is 30.6. The molecule has 4 N–H and O–H groups in total. The average Bonchev–Trinajstić information content (AvgIpc) is 3.05. The van der Waals surface area contributed by atoms with Crippen molar-refractivity contribution >= 4 is 51.9 Å². The number of amides is 2. The molecule has 0 atom stereocenters. The van der Waals surface area contributed by atoms with Gasteiger partial charge in [-0.05, 0) is 91.1 Å². The molecule has 0 aliphatic heterocycles. The predicted molar refractivity (Wildman–Crippen MR) is 178 cm³/mol. The number of rotatable bonds is 11. The van der Waals surface area contributed by atoms with Gasteiger partial charge in [-0.1, -0.05) is 54.6 Å². The molecule has 0 radical (unpaired) electrons. The Morgan fingerprint density at radius 2 is 1.16 bits per heavy atom. The second kappa shape index (κ2) is 15.0. The van der Waals surface area contributed by atoms with Crippen LogP contribution < -0.4 is 30.7 Å². The predicted octanol–water partition coefficient (Wildman–Crippen LogP) is 7.27. The number of thiocarbonyl (C=S) groups is 1. The van der Waals surface area contributed by atoms with Gasteiger partial charge in [-0.2, -0.15) is 0 Å². The quantitative estimate of drug-likeness (QED) is 0.0932. The largest absolute Gasteiger partial charge is 0.490 e. The number of nitrogens with one attached hydrogen (secondary N) is 4. The van der Waals surface area contributed by atoms with Crippen LogP contribution in [0.25, 0.3) is 0 Å². The van der Waals surface area contributed by atoms with Gasteiger partial charge in [0.25, 0.3) is 11.8 Å². The van der Waals surface area contributed by atoms with Crippen LogP contribution in [0.5, 0.6) is 11.5 Å². The highest BCUT2D eigenvalue weighted by Gasteiger charge is 2.14. The van der Waals surface area contributed by atoms with Crippen molar-refractivity contribution < 1.29 is 19.1 Å². The Balaban J connectivity index is 1.13. The molecular formula is C35H30N4O4S. The highest BCUT2D eigenvalue weighted by atomic mass is 32.1. The van der Waals surface area contributed by atoms with Gasteiger partial charge < -0.3 is 25.4 Å². The summed E-state index contributed by atoms with van der Waals surface area (Å²) in [5.74, 6) is 0.542. The topological polar surface area (TPSA) is 101 Å². The molecule has 2 amide bonds. The molecule has 220 valence electrons. The van der Waals surface area contributed by atoms with Crippen LogP contribution in [0.1, 0.15) is 20.7 Å². The molecule has 44 heavy (non-hydrogen) atoms. The summed E-state index contributed by atoms with van der Waals surface area (Å²) in [4.78, 5) is 26.1. The number of anilines is 4. The summed E-state index contributed by atoms with van der Waals surface area (Å²) >= 11 is 5.39. The maximum atomic E-state index is 13.1. The summed E-state index contributed by atoms with van der Waals surface area (Å²) < 4.78 is 11.4. The van der Waals surface area contributed by atoms with Gasteiger partial charge in [0.05, 0.1) is 11.3 Å². The minimum absolute atomic E-state index is 0.0502. The van der Waals surface area contributed by atoms with E-state index in [2.05, 4.69) is 21.3 Å². The molecule has 5 rings (SSSR count). The molecule has 0 bridgehead atoms. The van der Waals surface area contributed by atoms with Gasteiger partial charge in [-0.15, -0.1) is 0 Å². The van der Waals surface area contributed by atoms with Crippen molar-refractivity contribution in [1.82, 2.24) is 5.32 Å². The van der Waals surface area contributed by atoms with Gasteiger partial charge >= 0.3 is 0 Å². The van der Waals surface area contributed by atoms with E-state index in [4.69, 9.17) is 21.7 Å². The van der Waals surface area contributed by atoms with E-state index in [1.807, 2.05) is 84.9 Å². The second-order valence-electron chi connectivity index (χ2n) is 9.51. The lowest BCUT2D eigenvalue weighted by atomic mass is 10.1. The molecule has 0 unspecified atom stereocenters. The van der Waals surface area contributed by atoms with Crippen molar-refractivity contribution in [2.24, 2.45) is 0 Å². The van der Waals surface area contributed by atoms with E-state index in [0.717, 1.165) is 17.1 Å². The van der Waals surface area contributed by atoms with Gasteiger partial charge in [0.2, 0.25) is 0 Å².